The number of hydrogen-bond acceptors (Lipinski definition) is 3. The van der Waals surface area contributed by atoms with Crippen molar-refractivity contribution in [2.24, 2.45) is 0 Å². The quantitative estimate of drug-likeness (QED) is 0.487. The average Bonchev–Trinajstić information content (AvgIpc) is 2.54. The van der Waals surface area contributed by atoms with Crippen molar-refractivity contribution >= 4 is 46.7 Å². The third-order valence-electron chi connectivity index (χ3n) is 3.18. The highest BCUT2D eigenvalue weighted by Gasteiger charge is 2.14. The van der Waals surface area contributed by atoms with E-state index in [1.54, 1.807) is 36.4 Å². The second-order valence-corrected chi connectivity index (χ2v) is 5.74. The van der Waals surface area contributed by atoms with Gasteiger partial charge in [-0.25, -0.2) is 0 Å². The molecule has 4 nitrogen and oxygen atoms in total. The molecule has 0 bridgehead atoms. The number of ketones is 1. The summed E-state index contributed by atoms with van der Waals surface area (Å²) in [5.41, 5.74) is 1.07. The summed E-state index contributed by atoms with van der Waals surface area (Å²) in [4.78, 5) is 23.9. The van der Waals surface area contributed by atoms with Crippen LogP contribution in [-0.2, 0) is 4.79 Å². The van der Waals surface area contributed by atoms with Crippen LogP contribution in [0.3, 0.4) is 0 Å². The Hall–Kier alpha value is -2.61. The molecule has 1 N–H and O–H groups in total. The standard InChI is InChI=1S/C18H12Cl2N2O2/c1-11(23)15-4-2-3-5-17(15)22-18(24)13(10-21)8-12-6-7-14(19)9-16(12)20/h2-9H,1H3,(H,22,24)/b13-8-. The van der Waals surface area contributed by atoms with Gasteiger partial charge in [-0.3, -0.25) is 9.59 Å². The van der Waals surface area contributed by atoms with Crippen molar-refractivity contribution in [1.29, 1.82) is 5.26 Å². The van der Waals surface area contributed by atoms with E-state index in [1.165, 1.54) is 19.1 Å². The van der Waals surface area contributed by atoms with E-state index in [0.29, 0.717) is 26.9 Å². The van der Waals surface area contributed by atoms with Gasteiger partial charge in [0.15, 0.2) is 5.78 Å². The average molecular weight is 359 g/mol. The van der Waals surface area contributed by atoms with Crippen LogP contribution < -0.4 is 5.32 Å². The highest BCUT2D eigenvalue weighted by molar-refractivity contribution is 6.35. The van der Waals surface area contributed by atoms with Crippen LogP contribution in [-0.4, -0.2) is 11.7 Å². The van der Waals surface area contributed by atoms with Gasteiger partial charge in [0.05, 0.1) is 5.69 Å². The number of Topliss-reactive ketones (excluding diaryl/α,β-unsaturated/α-hetero) is 1. The van der Waals surface area contributed by atoms with E-state index >= 15 is 0 Å². The van der Waals surface area contributed by atoms with Crippen LogP contribution in [0.15, 0.2) is 48.0 Å². The Morgan fingerprint density at radius 1 is 1.17 bits per heavy atom. The number of para-hydroxylation sites is 1. The third-order valence-corrected chi connectivity index (χ3v) is 3.74. The van der Waals surface area contributed by atoms with Crippen LogP contribution >= 0.6 is 23.2 Å². The lowest BCUT2D eigenvalue weighted by molar-refractivity contribution is -0.112. The van der Waals surface area contributed by atoms with Gasteiger partial charge in [-0.2, -0.15) is 5.26 Å². The zero-order valence-electron chi connectivity index (χ0n) is 12.6. The van der Waals surface area contributed by atoms with Gasteiger partial charge in [0, 0.05) is 15.6 Å². The van der Waals surface area contributed by atoms with E-state index in [1.807, 2.05) is 6.07 Å². The first kappa shape index (κ1) is 17.7. The van der Waals surface area contributed by atoms with Crippen molar-refractivity contribution < 1.29 is 9.59 Å². The topological polar surface area (TPSA) is 70.0 Å². The van der Waals surface area contributed by atoms with Gasteiger partial charge < -0.3 is 5.32 Å². The predicted octanol–water partition coefficient (Wildman–Crippen LogP) is 4.74. The van der Waals surface area contributed by atoms with Crippen LogP contribution in [0, 0.1) is 11.3 Å². The molecule has 2 rings (SSSR count). The molecule has 0 atom stereocenters. The number of rotatable bonds is 4. The van der Waals surface area contributed by atoms with Gasteiger partial charge in [-0.1, -0.05) is 41.4 Å². The lowest BCUT2D eigenvalue weighted by Gasteiger charge is -2.08. The van der Waals surface area contributed by atoms with Crippen LogP contribution in [0.4, 0.5) is 5.69 Å². The van der Waals surface area contributed by atoms with Crippen LogP contribution in [0.5, 0.6) is 0 Å². The largest absolute Gasteiger partial charge is 0.321 e. The molecule has 1 amide bonds. The number of carbonyl (C=O) groups is 2. The molecule has 6 heteroatoms. The van der Waals surface area contributed by atoms with Crippen molar-refractivity contribution in [3.63, 3.8) is 0 Å². The number of benzene rings is 2. The van der Waals surface area contributed by atoms with E-state index in [9.17, 15) is 14.9 Å². The Bertz CT molecular complexity index is 883. The smallest absolute Gasteiger partial charge is 0.266 e. The number of nitrogens with one attached hydrogen (secondary N) is 1. The summed E-state index contributed by atoms with van der Waals surface area (Å²) in [6.45, 7) is 1.40. The maximum Gasteiger partial charge on any atom is 0.266 e. The molecular formula is C18H12Cl2N2O2. The summed E-state index contributed by atoms with van der Waals surface area (Å²) in [7, 11) is 0. The van der Waals surface area contributed by atoms with Crippen LogP contribution in [0.2, 0.25) is 10.0 Å². The van der Waals surface area contributed by atoms with Gasteiger partial charge in [-0.05, 0) is 42.8 Å². The van der Waals surface area contributed by atoms with E-state index in [2.05, 4.69) is 5.32 Å². The molecule has 0 saturated carbocycles. The number of nitrogens with zero attached hydrogens (tertiary/aromatic N) is 1. The normalized spacial score (nSPS) is 10.8. The summed E-state index contributed by atoms with van der Waals surface area (Å²) in [5.74, 6) is -0.814. The maximum absolute atomic E-state index is 12.3. The summed E-state index contributed by atoms with van der Waals surface area (Å²) in [5, 5.41) is 12.6. The molecule has 24 heavy (non-hydrogen) atoms. The Morgan fingerprint density at radius 3 is 2.50 bits per heavy atom. The fourth-order valence-corrected chi connectivity index (χ4v) is 2.47. The van der Waals surface area contributed by atoms with Crippen molar-refractivity contribution in [2.75, 3.05) is 5.32 Å². The molecular weight excluding hydrogens is 347 g/mol. The number of carbonyl (C=O) groups excluding carboxylic acids is 2. The Balaban J connectivity index is 2.32. The number of halogens is 2. The Morgan fingerprint density at radius 2 is 1.88 bits per heavy atom. The first-order valence-corrected chi connectivity index (χ1v) is 7.66. The van der Waals surface area contributed by atoms with E-state index in [4.69, 9.17) is 23.2 Å². The van der Waals surface area contributed by atoms with E-state index < -0.39 is 5.91 Å². The predicted molar refractivity (Wildman–Crippen MR) is 95.1 cm³/mol. The number of amides is 1. The van der Waals surface area contributed by atoms with Crippen molar-refractivity contribution in [3.05, 3.63) is 69.2 Å². The molecule has 0 radical (unpaired) electrons. The van der Waals surface area contributed by atoms with Gasteiger partial charge in [-0.15, -0.1) is 0 Å². The lowest BCUT2D eigenvalue weighted by atomic mass is 10.1. The van der Waals surface area contributed by atoms with Crippen LogP contribution in [0.25, 0.3) is 6.08 Å². The minimum Gasteiger partial charge on any atom is -0.321 e. The summed E-state index contributed by atoms with van der Waals surface area (Å²) < 4.78 is 0. The minimum absolute atomic E-state index is 0.141. The molecule has 0 aliphatic rings. The minimum atomic E-state index is -0.628. The second kappa shape index (κ2) is 7.78. The molecule has 120 valence electrons. The zero-order chi connectivity index (χ0) is 17.7. The van der Waals surface area contributed by atoms with E-state index in [0.717, 1.165) is 0 Å². The zero-order valence-corrected chi connectivity index (χ0v) is 14.2. The van der Waals surface area contributed by atoms with Crippen molar-refractivity contribution in [1.82, 2.24) is 0 Å². The molecule has 0 spiro atoms. The maximum atomic E-state index is 12.3. The second-order valence-electron chi connectivity index (χ2n) is 4.89. The monoisotopic (exact) mass is 358 g/mol. The fraction of sp³-hybridized carbons (Fsp3) is 0.0556. The van der Waals surface area contributed by atoms with E-state index in [-0.39, 0.29) is 11.4 Å². The van der Waals surface area contributed by atoms with Gasteiger partial charge in [0.2, 0.25) is 0 Å². The molecule has 0 fully saturated rings. The van der Waals surface area contributed by atoms with Gasteiger partial charge in [0.25, 0.3) is 5.91 Å². The molecule has 0 heterocycles. The molecule has 0 unspecified atom stereocenters. The lowest BCUT2D eigenvalue weighted by Crippen LogP contribution is -2.15. The fourth-order valence-electron chi connectivity index (χ4n) is 2.01. The molecule has 0 saturated heterocycles. The van der Waals surface area contributed by atoms with Crippen molar-refractivity contribution in [3.8, 4) is 6.07 Å². The summed E-state index contributed by atoms with van der Waals surface area (Å²) >= 11 is 11.9. The first-order valence-electron chi connectivity index (χ1n) is 6.90. The SMILES string of the molecule is CC(=O)c1ccccc1NC(=O)/C(C#N)=C\c1ccc(Cl)cc1Cl. The number of anilines is 1. The van der Waals surface area contributed by atoms with Crippen molar-refractivity contribution in [2.45, 2.75) is 6.92 Å². The third kappa shape index (κ3) is 4.23. The number of hydrogen-bond donors (Lipinski definition) is 1. The first-order chi connectivity index (χ1) is 11.4. The number of nitriles is 1. The molecule has 0 aliphatic carbocycles. The highest BCUT2D eigenvalue weighted by Crippen LogP contribution is 2.23. The molecule has 0 aliphatic heterocycles. The highest BCUT2D eigenvalue weighted by atomic mass is 35.5. The molecule has 2 aromatic rings. The Labute approximate surface area is 149 Å². The molecule has 2 aromatic carbocycles. The van der Waals surface area contributed by atoms with Gasteiger partial charge in [0.1, 0.15) is 11.6 Å². The van der Waals surface area contributed by atoms with Gasteiger partial charge >= 0.3 is 0 Å². The summed E-state index contributed by atoms with van der Waals surface area (Å²) in [6.07, 6.45) is 1.37. The van der Waals surface area contributed by atoms with Crippen LogP contribution in [0.1, 0.15) is 22.8 Å². The Kier molecular flexibility index (Phi) is 5.75. The molecule has 0 aromatic heterocycles. The summed E-state index contributed by atoms with van der Waals surface area (Å²) in [6, 6.07) is 13.2.